The first kappa shape index (κ1) is 14.1. The molecule has 0 saturated heterocycles. The molecule has 0 atom stereocenters. The van der Waals surface area contributed by atoms with Gasteiger partial charge in [0.1, 0.15) is 0 Å². The first-order valence-electron chi connectivity index (χ1n) is 6.89. The Kier molecular flexibility index (Phi) is 4.77. The molecule has 0 heterocycles. The maximum absolute atomic E-state index is 12.2. The molecule has 3 heteroatoms. The van der Waals surface area contributed by atoms with Crippen LogP contribution in [0.25, 0.3) is 0 Å². The molecule has 0 fully saturated rings. The van der Waals surface area contributed by atoms with E-state index in [1.54, 1.807) is 12.1 Å². The fourth-order valence-corrected chi connectivity index (χ4v) is 2.20. The van der Waals surface area contributed by atoms with Crippen LogP contribution in [0.3, 0.4) is 0 Å². The molecule has 2 aromatic rings. The van der Waals surface area contributed by atoms with Crippen molar-refractivity contribution in [2.24, 2.45) is 0 Å². The predicted octanol–water partition coefficient (Wildman–Crippen LogP) is 3.37. The van der Waals surface area contributed by atoms with E-state index in [1.165, 1.54) is 0 Å². The minimum atomic E-state index is 0.131. The van der Waals surface area contributed by atoms with Crippen LogP contribution < -0.4 is 10.6 Å². The summed E-state index contributed by atoms with van der Waals surface area (Å²) in [5.41, 5.74) is 8.18. The van der Waals surface area contributed by atoms with Gasteiger partial charge in [0, 0.05) is 36.4 Å². The number of anilines is 2. The molecule has 2 N–H and O–H groups in total. The van der Waals surface area contributed by atoms with Crippen LogP contribution >= 0.6 is 0 Å². The number of nitrogen functional groups attached to an aromatic ring is 1. The number of ketones is 1. The van der Waals surface area contributed by atoms with Crippen molar-refractivity contribution in [1.29, 1.82) is 0 Å². The number of nitrogens with two attached hydrogens (primary N) is 1. The molecule has 0 aliphatic rings. The van der Waals surface area contributed by atoms with E-state index in [9.17, 15) is 4.79 Å². The molecule has 0 unspecified atom stereocenters. The van der Waals surface area contributed by atoms with E-state index in [4.69, 9.17) is 5.73 Å². The summed E-state index contributed by atoms with van der Waals surface area (Å²) in [5, 5.41) is 0. The largest absolute Gasteiger partial charge is 0.399 e. The molecule has 0 aromatic heterocycles. The average Bonchev–Trinajstić information content (AvgIpc) is 2.49. The number of hydrogen-bond acceptors (Lipinski definition) is 3. The zero-order chi connectivity index (χ0) is 14.4. The fourth-order valence-electron chi connectivity index (χ4n) is 2.20. The molecule has 0 aliphatic heterocycles. The lowest BCUT2D eigenvalue weighted by Crippen LogP contribution is -2.25. The normalized spacial score (nSPS) is 10.2. The molecule has 20 heavy (non-hydrogen) atoms. The first-order chi connectivity index (χ1) is 9.70. The van der Waals surface area contributed by atoms with E-state index in [-0.39, 0.29) is 5.78 Å². The van der Waals surface area contributed by atoms with Crippen LogP contribution in [-0.2, 0) is 0 Å². The van der Waals surface area contributed by atoms with Gasteiger partial charge in [-0.1, -0.05) is 30.3 Å². The highest BCUT2D eigenvalue weighted by Gasteiger charge is 2.09. The molecule has 0 radical (unpaired) electrons. The molecular formula is C17H20N2O. The van der Waals surface area contributed by atoms with Crippen molar-refractivity contribution < 1.29 is 4.79 Å². The number of carbonyl (C=O) groups excluding carboxylic acids is 1. The highest BCUT2D eigenvalue weighted by atomic mass is 16.1. The highest BCUT2D eigenvalue weighted by molar-refractivity contribution is 5.97. The molecule has 0 saturated carbocycles. The second-order valence-corrected chi connectivity index (χ2v) is 4.71. The first-order valence-corrected chi connectivity index (χ1v) is 6.89. The SMILES string of the molecule is CCN(CCC(=O)c1cccc(N)c1)c1ccccc1. The lowest BCUT2D eigenvalue weighted by molar-refractivity contribution is 0.0984. The lowest BCUT2D eigenvalue weighted by Gasteiger charge is -2.22. The molecule has 2 aromatic carbocycles. The van der Waals surface area contributed by atoms with E-state index >= 15 is 0 Å². The van der Waals surface area contributed by atoms with Gasteiger partial charge in [-0.3, -0.25) is 4.79 Å². The summed E-state index contributed by atoms with van der Waals surface area (Å²) in [4.78, 5) is 14.4. The van der Waals surface area contributed by atoms with E-state index in [0.717, 1.165) is 12.2 Å². The summed E-state index contributed by atoms with van der Waals surface area (Å²) in [5.74, 6) is 0.131. The topological polar surface area (TPSA) is 46.3 Å². The van der Waals surface area contributed by atoms with Crippen molar-refractivity contribution in [3.8, 4) is 0 Å². The summed E-state index contributed by atoms with van der Waals surface area (Å²) in [6.07, 6.45) is 0.492. The Hall–Kier alpha value is -2.29. The number of Topliss-reactive ketones (excluding diaryl/α,β-unsaturated/α-hetero) is 1. The van der Waals surface area contributed by atoms with Crippen LogP contribution in [0.15, 0.2) is 54.6 Å². The third-order valence-electron chi connectivity index (χ3n) is 3.32. The lowest BCUT2D eigenvalue weighted by atomic mass is 10.1. The summed E-state index contributed by atoms with van der Waals surface area (Å²) < 4.78 is 0. The van der Waals surface area contributed by atoms with Crippen LogP contribution in [0, 0.1) is 0 Å². The Labute approximate surface area is 120 Å². The molecule has 0 bridgehead atoms. The molecular weight excluding hydrogens is 248 g/mol. The van der Waals surface area contributed by atoms with Gasteiger partial charge in [-0.25, -0.2) is 0 Å². The Morgan fingerprint density at radius 2 is 1.85 bits per heavy atom. The monoisotopic (exact) mass is 268 g/mol. The van der Waals surface area contributed by atoms with Gasteiger partial charge in [-0.15, -0.1) is 0 Å². The van der Waals surface area contributed by atoms with Crippen molar-refractivity contribution in [3.05, 3.63) is 60.2 Å². The predicted molar refractivity (Wildman–Crippen MR) is 84.1 cm³/mol. The van der Waals surface area contributed by atoms with Gasteiger partial charge in [-0.2, -0.15) is 0 Å². The van der Waals surface area contributed by atoms with Crippen molar-refractivity contribution in [2.75, 3.05) is 23.7 Å². The van der Waals surface area contributed by atoms with Gasteiger partial charge in [0.05, 0.1) is 0 Å². The zero-order valence-corrected chi connectivity index (χ0v) is 11.8. The molecule has 3 nitrogen and oxygen atoms in total. The summed E-state index contributed by atoms with van der Waals surface area (Å²) in [6.45, 7) is 3.69. The van der Waals surface area contributed by atoms with Gasteiger partial charge in [0.2, 0.25) is 0 Å². The van der Waals surface area contributed by atoms with Crippen molar-refractivity contribution in [3.63, 3.8) is 0 Å². The third-order valence-corrected chi connectivity index (χ3v) is 3.32. The molecule has 0 amide bonds. The number of rotatable bonds is 6. The fraction of sp³-hybridized carbons (Fsp3) is 0.235. The van der Waals surface area contributed by atoms with Gasteiger partial charge in [0.25, 0.3) is 0 Å². The number of hydrogen-bond donors (Lipinski definition) is 1. The van der Waals surface area contributed by atoms with Crippen LogP contribution in [0.2, 0.25) is 0 Å². The summed E-state index contributed by atoms with van der Waals surface area (Å²) in [7, 11) is 0. The zero-order valence-electron chi connectivity index (χ0n) is 11.8. The Morgan fingerprint density at radius 1 is 1.10 bits per heavy atom. The van der Waals surface area contributed by atoms with E-state index in [0.29, 0.717) is 24.2 Å². The maximum atomic E-state index is 12.2. The quantitative estimate of drug-likeness (QED) is 0.645. The van der Waals surface area contributed by atoms with Crippen LogP contribution in [-0.4, -0.2) is 18.9 Å². The van der Waals surface area contributed by atoms with E-state index < -0.39 is 0 Å². The second kappa shape index (κ2) is 6.75. The Balaban J connectivity index is 1.98. The maximum Gasteiger partial charge on any atom is 0.164 e. The Bertz CT molecular complexity index is 566. The van der Waals surface area contributed by atoms with Gasteiger partial charge >= 0.3 is 0 Å². The Morgan fingerprint density at radius 3 is 2.50 bits per heavy atom. The number of carbonyl (C=O) groups is 1. The minimum Gasteiger partial charge on any atom is -0.399 e. The van der Waals surface area contributed by atoms with Gasteiger partial charge < -0.3 is 10.6 Å². The van der Waals surface area contributed by atoms with Crippen LogP contribution in [0.4, 0.5) is 11.4 Å². The molecule has 0 aliphatic carbocycles. The number of benzene rings is 2. The summed E-state index contributed by atoms with van der Waals surface area (Å²) in [6, 6.07) is 17.3. The van der Waals surface area contributed by atoms with E-state index in [2.05, 4.69) is 24.0 Å². The standard InChI is InChI=1S/C17H20N2O/c1-2-19(16-9-4-3-5-10-16)12-11-17(20)14-7-6-8-15(18)13-14/h3-10,13H,2,11-12,18H2,1H3. The number of para-hydroxylation sites is 1. The van der Waals surface area contributed by atoms with Crippen LogP contribution in [0.5, 0.6) is 0 Å². The minimum absolute atomic E-state index is 0.131. The van der Waals surface area contributed by atoms with Crippen LogP contribution in [0.1, 0.15) is 23.7 Å². The summed E-state index contributed by atoms with van der Waals surface area (Å²) >= 11 is 0. The molecule has 0 spiro atoms. The second-order valence-electron chi connectivity index (χ2n) is 4.71. The highest BCUT2D eigenvalue weighted by Crippen LogP contribution is 2.15. The van der Waals surface area contributed by atoms with Crippen molar-refractivity contribution >= 4 is 17.2 Å². The van der Waals surface area contributed by atoms with Gasteiger partial charge in [-0.05, 0) is 31.2 Å². The van der Waals surface area contributed by atoms with Crippen molar-refractivity contribution in [2.45, 2.75) is 13.3 Å². The smallest absolute Gasteiger partial charge is 0.164 e. The molecule has 2 rings (SSSR count). The third kappa shape index (κ3) is 3.60. The van der Waals surface area contributed by atoms with Crippen molar-refractivity contribution in [1.82, 2.24) is 0 Å². The van der Waals surface area contributed by atoms with E-state index in [1.807, 2.05) is 30.3 Å². The average molecular weight is 268 g/mol. The number of nitrogens with zero attached hydrogens (tertiary/aromatic N) is 1. The van der Waals surface area contributed by atoms with Gasteiger partial charge in [0.15, 0.2) is 5.78 Å². The molecule has 104 valence electrons.